The SMILES string of the molecule is COC1(CN=C(N)N2CCC(C)CC2)CCC1. The highest BCUT2D eigenvalue weighted by molar-refractivity contribution is 5.78. The van der Waals surface area contributed by atoms with Crippen LogP contribution in [0, 0.1) is 5.92 Å². The largest absolute Gasteiger partial charge is 0.376 e. The molecule has 0 amide bonds. The molecule has 4 nitrogen and oxygen atoms in total. The van der Waals surface area contributed by atoms with Crippen molar-refractivity contribution in [3.63, 3.8) is 0 Å². The molecule has 1 saturated heterocycles. The average Bonchev–Trinajstić information content (AvgIpc) is 2.29. The summed E-state index contributed by atoms with van der Waals surface area (Å²) in [5, 5.41) is 0. The van der Waals surface area contributed by atoms with Crippen LogP contribution in [-0.2, 0) is 4.74 Å². The second-order valence-electron chi connectivity index (χ2n) is 5.58. The lowest BCUT2D eigenvalue weighted by molar-refractivity contribution is -0.0631. The lowest BCUT2D eigenvalue weighted by Crippen LogP contribution is -2.46. The van der Waals surface area contributed by atoms with Crippen molar-refractivity contribution in [3.8, 4) is 0 Å². The number of hydrogen-bond acceptors (Lipinski definition) is 2. The predicted octanol–water partition coefficient (Wildman–Crippen LogP) is 1.60. The Bertz CT molecular complexity index is 273. The molecule has 2 aliphatic rings. The molecular formula is C13H25N3O. The summed E-state index contributed by atoms with van der Waals surface area (Å²) in [6, 6.07) is 0. The van der Waals surface area contributed by atoms with Crippen LogP contribution in [0.3, 0.4) is 0 Å². The van der Waals surface area contributed by atoms with Gasteiger partial charge < -0.3 is 15.4 Å². The fraction of sp³-hybridized carbons (Fsp3) is 0.923. The first-order chi connectivity index (χ1) is 8.15. The van der Waals surface area contributed by atoms with Gasteiger partial charge in [-0.2, -0.15) is 0 Å². The zero-order valence-corrected chi connectivity index (χ0v) is 11.1. The minimum Gasteiger partial charge on any atom is -0.376 e. The summed E-state index contributed by atoms with van der Waals surface area (Å²) in [4.78, 5) is 6.74. The van der Waals surface area contributed by atoms with Crippen molar-refractivity contribution >= 4 is 5.96 Å². The molecule has 1 heterocycles. The third-order valence-corrected chi connectivity index (χ3v) is 4.33. The molecule has 0 spiro atoms. The number of guanidine groups is 1. The highest BCUT2D eigenvalue weighted by atomic mass is 16.5. The molecular weight excluding hydrogens is 214 g/mol. The predicted molar refractivity (Wildman–Crippen MR) is 70.1 cm³/mol. The first-order valence-corrected chi connectivity index (χ1v) is 6.75. The Morgan fingerprint density at radius 3 is 2.53 bits per heavy atom. The van der Waals surface area contributed by atoms with Gasteiger partial charge in [0.1, 0.15) is 0 Å². The van der Waals surface area contributed by atoms with E-state index in [1.54, 1.807) is 7.11 Å². The van der Waals surface area contributed by atoms with Crippen molar-refractivity contribution < 1.29 is 4.74 Å². The van der Waals surface area contributed by atoms with Crippen molar-refractivity contribution in [1.29, 1.82) is 0 Å². The maximum Gasteiger partial charge on any atom is 0.191 e. The van der Waals surface area contributed by atoms with E-state index in [4.69, 9.17) is 10.5 Å². The van der Waals surface area contributed by atoms with Crippen molar-refractivity contribution in [3.05, 3.63) is 0 Å². The third kappa shape index (κ3) is 2.92. The quantitative estimate of drug-likeness (QED) is 0.601. The van der Waals surface area contributed by atoms with E-state index < -0.39 is 0 Å². The van der Waals surface area contributed by atoms with Crippen molar-refractivity contribution in [2.24, 2.45) is 16.6 Å². The van der Waals surface area contributed by atoms with Gasteiger partial charge in [-0.1, -0.05) is 6.92 Å². The number of likely N-dealkylation sites (tertiary alicyclic amines) is 1. The second kappa shape index (κ2) is 5.25. The van der Waals surface area contributed by atoms with E-state index in [9.17, 15) is 0 Å². The minimum atomic E-state index is -0.00625. The lowest BCUT2D eigenvalue weighted by atomic mass is 9.80. The summed E-state index contributed by atoms with van der Waals surface area (Å²) in [6.07, 6.45) is 5.95. The number of aliphatic imine (C=N–C) groups is 1. The molecule has 2 rings (SSSR count). The molecule has 1 saturated carbocycles. The lowest BCUT2D eigenvalue weighted by Gasteiger charge is -2.39. The van der Waals surface area contributed by atoms with Gasteiger partial charge in [-0.25, -0.2) is 0 Å². The fourth-order valence-corrected chi connectivity index (χ4v) is 2.56. The molecule has 1 aliphatic carbocycles. The van der Waals surface area contributed by atoms with Gasteiger partial charge in [-0.05, 0) is 38.0 Å². The molecule has 2 N–H and O–H groups in total. The van der Waals surface area contributed by atoms with E-state index in [-0.39, 0.29) is 5.60 Å². The minimum absolute atomic E-state index is 0.00625. The maximum absolute atomic E-state index is 6.05. The van der Waals surface area contributed by atoms with Crippen LogP contribution < -0.4 is 5.73 Å². The number of nitrogens with zero attached hydrogens (tertiary/aromatic N) is 2. The Kier molecular flexibility index (Phi) is 3.92. The molecule has 17 heavy (non-hydrogen) atoms. The summed E-state index contributed by atoms with van der Waals surface area (Å²) in [5.41, 5.74) is 6.05. The maximum atomic E-state index is 6.05. The summed E-state index contributed by atoms with van der Waals surface area (Å²) in [6.45, 7) is 5.13. The fourth-order valence-electron chi connectivity index (χ4n) is 2.56. The van der Waals surface area contributed by atoms with Crippen LogP contribution in [0.4, 0.5) is 0 Å². The Morgan fingerprint density at radius 1 is 1.41 bits per heavy atom. The molecule has 0 aromatic rings. The molecule has 0 radical (unpaired) electrons. The number of ether oxygens (including phenoxy) is 1. The highest BCUT2D eigenvalue weighted by Crippen LogP contribution is 2.35. The Morgan fingerprint density at radius 2 is 2.06 bits per heavy atom. The van der Waals surface area contributed by atoms with Crippen molar-refractivity contribution in [2.45, 2.75) is 44.6 Å². The van der Waals surface area contributed by atoms with E-state index in [2.05, 4.69) is 16.8 Å². The van der Waals surface area contributed by atoms with Crippen LogP contribution in [0.5, 0.6) is 0 Å². The van der Waals surface area contributed by atoms with Gasteiger partial charge in [0, 0.05) is 20.2 Å². The Labute approximate surface area is 104 Å². The number of nitrogens with two attached hydrogens (primary N) is 1. The zero-order chi connectivity index (χ0) is 12.3. The molecule has 0 atom stereocenters. The van der Waals surface area contributed by atoms with Crippen LogP contribution in [0.25, 0.3) is 0 Å². The number of hydrogen-bond donors (Lipinski definition) is 1. The first-order valence-electron chi connectivity index (χ1n) is 6.75. The average molecular weight is 239 g/mol. The molecule has 0 aromatic heterocycles. The Hall–Kier alpha value is -0.770. The number of methoxy groups -OCH3 is 1. The van der Waals surface area contributed by atoms with E-state index in [0.717, 1.165) is 38.4 Å². The monoisotopic (exact) mass is 239 g/mol. The van der Waals surface area contributed by atoms with Gasteiger partial charge in [0.15, 0.2) is 5.96 Å². The highest BCUT2D eigenvalue weighted by Gasteiger charge is 2.36. The van der Waals surface area contributed by atoms with Gasteiger partial charge >= 0.3 is 0 Å². The number of piperidine rings is 1. The summed E-state index contributed by atoms with van der Waals surface area (Å²) < 4.78 is 5.55. The second-order valence-corrected chi connectivity index (χ2v) is 5.58. The smallest absolute Gasteiger partial charge is 0.191 e. The van der Waals surface area contributed by atoms with Crippen LogP contribution in [0.15, 0.2) is 4.99 Å². The van der Waals surface area contributed by atoms with Crippen molar-refractivity contribution in [1.82, 2.24) is 4.90 Å². The third-order valence-electron chi connectivity index (χ3n) is 4.33. The van der Waals surface area contributed by atoms with Crippen LogP contribution >= 0.6 is 0 Å². The standard InChI is InChI=1S/C13H25N3O/c1-11-4-8-16(9-5-11)12(14)15-10-13(17-2)6-3-7-13/h11H,3-10H2,1-2H3,(H2,14,15). The van der Waals surface area contributed by atoms with Crippen LogP contribution in [-0.4, -0.2) is 43.2 Å². The summed E-state index contributed by atoms with van der Waals surface area (Å²) >= 11 is 0. The molecule has 1 aliphatic heterocycles. The first kappa shape index (κ1) is 12.7. The van der Waals surface area contributed by atoms with E-state index in [1.807, 2.05) is 0 Å². The van der Waals surface area contributed by atoms with Gasteiger partial charge in [0.2, 0.25) is 0 Å². The van der Waals surface area contributed by atoms with Gasteiger partial charge in [-0.3, -0.25) is 4.99 Å². The normalized spacial score (nSPS) is 25.8. The van der Waals surface area contributed by atoms with E-state index in [1.165, 1.54) is 19.3 Å². The molecule has 4 heteroatoms. The molecule has 0 unspecified atom stereocenters. The van der Waals surface area contributed by atoms with Crippen LogP contribution in [0.1, 0.15) is 39.0 Å². The molecule has 98 valence electrons. The van der Waals surface area contributed by atoms with Crippen LogP contribution in [0.2, 0.25) is 0 Å². The summed E-state index contributed by atoms with van der Waals surface area (Å²) in [7, 11) is 1.79. The Balaban J connectivity index is 1.84. The molecule has 0 aromatic carbocycles. The van der Waals surface area contributed by atoms with Gasteiger partial charge in [0.05, 0.1) is 12.1 Å². The molecule has 0 bridgehead atoms. The zero-order valence-electron chi connectivity index (χ0n) is 11.1. The molecule has 2 fully saturated rings. The topological polar surface area (TPSA) is 50.9 Å². The van der Waals surface area contributed by atoms with Crippen molar-refractivity contribution in [2.75, 3.05) is 26.7 Å². The van der Waals surface area contributed by atoms with Gasteiger partial charge in [0.25, 0.3) is 0 Å². The van der Waals surface area contributed by atoms with E-state index >= 15 is 0 Å². The van der Waals surface area contributed by atoms with Gasteiger partial charge in [-0.15, -0.1) is 0 Å². The summed E-state index contributed by atoms with van der Waals surface area (Å²) in [5.74, 6) is 1.54. The van der Waals surface area contributed by atoms with E-state index in [0.29, 0.717) is 5.96 Å². The number of rotatable bonds is 3.